The van der Waals surface area contributed by atoms with Crippen LogP contribution in [0.15, 0.2) is 187 Å². The molecule has 0 bridgehead atoms. The van der Waals surface area contributed by atoms with Crippen LogP contribution in [0.4, 0.5) is 0 Å². The van der Waals surface area contributed by atoms with E-state index in [4.69, 9.17) is 14.4 Å². The van der Waals surface area contributed by atoms with E-state index in [1.165, 1.54) is 10.8 Å². The third-order valence-corrected chi connectivity index (χ3v) is 10.4. The standard InChI is InChI=1S/C49H30N6O/c1-3-12-31(13-4-1)36-27-40-46-47(56-49(40)50-29-36)45(51-30-52-46)33-24-22-32(23-25-33)41-28-42(54-48(53-41)34-14-5-2-6-15-34)35-16-11-17-37(26-35)55-43-20-9-7-18-38(43)39-19-8-10-21-44(39)55/h1-30H. The molecule has 0 aliphatic heterocycles. The summed E-state index contributed by atoms with van der Waals surface area (Å²) in [6.45, 7) is 0. The molecule has 11 aromatic rings. The Balaban J connectivity index is 1.00. The molecule has 7 heteroatoms. The van der Waals surface area contributed by atoms with E-state index in [1.807, 2.05) is 54.7 Å². The van der Waals surface area contributed by atoms with Gasteiger partial charge in [-0.3, -0.25) is 0 Å². The van der Waals surface area contributed by atoms with E-state index in [0.29, 0.717) is 22.8 Å². The quantitative estimate of drug-likeness (QED) is 0.170. The number of nitrogens with zero attached hydrogens (tertiary/aromatic N) is 6. The van der Waals surface area contributed by atoms with Gasteiger partial charge in [0.1, 0.15) is 17.5 Å². The van der Waals surface area contributed by atoms with E-state index < -0.39 is 0 Å². The molecular weight excluding hydrogens is 689 g/mol. The number of pyridine rings is 1. The highest BCUT2D eigenvalue weighted by Gasteiger charge is 2.18. The Bertz CT molecular complexity index is 3190. The van der Waals surface area contributed by atoms with Crippen LogP contribution >= 0.6 is 0 Å². The maximum atomic E-state index is 6.30. The Morgan fingerprint density at radius 2 is 1.05 bits per heavy atom. The van der Waals surface area contributed by atoms with Crippen molar-refractivity contribution in [3.05, 3.63) is 182 Å². The number of hydrogen-bond acceptors (Lipinski definition) is 6. The smallest absolute Gasteiger partial charge is 0.229 e. The molecule has 0 radical (unpaired) electrons. The molecule has 0 saturated heterocycles. The molecule has 0 atom stereocenters. The van der Waals surface area contributed by atoms with Crippen LogP contribution in [0, 0.1) is 0 Å². The minimum atomic E-state index is 0.530. The van der Waals surface area contributed by atoms with E-state index in [9.17, 15) is 0 Å². The van der Waals surface area contributed by atoms with Crippen LogP contribution in [-0.2, 0) is 0 Å². The second kappa shape index (κ2) is 13.0. The molecule has 0 amide bonds. The number of fused-ring (bicyclic) bond motifs is 6. The number of benzene rings is 6. The molecular formula is C49H30N6O. The van der Waals surface area contributed by atoms with E-state index in [1.54, 1.807) is 6.33 Å². The molecule has 0 aliphatic carbocycles. The summed E-state index contributed by atoms with van der Waals surface area (Å²) < 4.78 is 8.63. The maximum Gasteiger partial charge on any atom is 0.229 e. The Labute approximate surface area is 321 Å². The number of furan rings is 1. The van der Waals surface area contributed by atoms with Crippen LogP contribution in [0.1, 0.15) is 0 Å². The first-order valence-electron chi connectivity index (χ1n) is 18.5. The molecule has 0 N–H and O–H groups in total. The lowest BCUT2D eigenvalue weighted by Crippen LogP contribution is -1.98. The molecule has 0 saturated carbocycles. The molecule has 6 aromatic carbocycles. The van der Waals surface area contributed by atoms with Gasteiger partial charge in [-0.15, -0.1) is 0 Å². The number of hydrogen-bond donors (Lipinski definition) is 0. The molecule has 56 heavy (non-hydrogen) atoms. The lowest BCUT2D eigenvalue weighted by molar-refractivity contribution is 0.652. The first-order valence-corrected chi connectivity index (χ1v) is 18.5. The van der Waals surface area contributed by atoms with Gasteiger partial charge in [0.2, 0.25) is 5.71 Å². The Kier molecular flexibility index (Phi) is 7.35. The van der Waals surface area contributed by atoms with Crippen molar-refractivity contribution in [3.8, 4) is 62.0 Å². The minimum absolute atomic E-state index is 0.530. The predicted molar refractivity (Wildman–Crippen MR) is 224 cm³/mol. The number of para-hydroxylation sites is 2. The zero-order valence-electron chi connectivity index (χ0n) is 29.9. The third kappa shape index (κ3) is 5.33. The Hall–Kier alpha value is -7.77. The summed E-state index contributed by atoms with van der Waals surface area (Å²) in [5.41, 5.74) is 13.5. The topological polar surface area (TPSA) is 82.5 Å². The molecule has 0 unspecified atom stereocenters. The fourth-order valence-corrected chi connectivity index (χ4v) is 7.72. The summed E-state index contributed by atoms with van der Waals surface area (Å²) in [5.74, 6) is 0.659. The molecule has 7 nitrogen and oxygen atoms in total. The van der Waals surface area contributed by atoms with Gasteiger partial charge in [0.25, 0.3) is 0 Å². The van der Waals surface area contributed by atoms with Crippen LogP contribution in [0.25, 0.3) is 106 Å². The van der Waals surface area contributed by atoms with Crippen molar-refractivity contribution in [1.29, 1.82) is 0 Å². The average molecular weight is 719 g/mol. The summed E-state index contributed by atoms with van der Waals surface area (Å²) in [7, 11) is 0. The third-order valence-electron chi connectivity index (χ3n) is 10.4. The molecule has 0 aliphatic rings. The summed E-state index contributed by atoms with van der Waals surface area (Å²) in [6.07, 6.45) is 3.42. The van der Waals surface area contributed by atoms with Crippen LogP contribution in [-0.4, -0.2) is 29.5 Å². The first-order chi connectivity index (χ1) is 27.7. The van der Waals surface area contributed by atoms with Gasteiger partial charge < -0.3 is 8.98 Å². The highest BCUT2D eigenvalue weighted by atomic mass is 16.3. The Morgan fingerprint density at radius 1 is 0.429 bits per heavy atom. The highest BCUT2D eigenvalue weighted by molar-refractivity contribution is 6.09. The maximum absolute atomic E-state index is 6.30. The summed E-state index contributed by atoms with van der Waals surface area (Å²) in [4.78, 5) is 24.2. The predicted octanol–water partition coefficient (Wildman–Crippen LogP) is 12.0. The average Bonchev–Trinajstić information content (AvgIpc) is 3.83. The van der Waals surface area contributed by atoms with Crippen LogP contribution < -0.4 is 0 Å². The molecule has 11 rings (SSSR count). The van der Waals surface area contributed by atoms with Gasteiger partial charge >= 0.3 is 0 Å². The van der Waals surface area contributed by atoms with Crippen molar-refractivity contribution < 1.29 is 4.42 Å². The van der Waals surface area contributed by atoms with Crippen LogP contribution in [0.3, 0.4) is 0 Å². The summed E-state index contributed by atoms with van der Waals surface area (Å²) in [6, 6.07) is 58.5. The van der Waals surface area contributed by atoms with E-state index in [2.05, 4.69) is 141 Å². The van der Waals surface area contributed by atoms with E-state index >= 15 is 0 Å². The first kappa shape index (κ1) is 31.7. The van der Waals surface area contributed by atoms with Gasteiger partial charge in [0.15, 0.2) is 11.4 Å². The fourth-order valence-electron chi connectivity index (χ4n) is 7.72. The normalized spacial score (nSPS) is 11.6. The molecule has 5 aromatic heterocycles. The second-order valence-corrected chi connectivity index (χ2v) is 13.8. The lowest BCUT2D eigenvalue weighted by Gasteiger charge is -2.12. The summed E-state index contributed by atoms with van der Waals surface area (Å²) >= 11 is 0. The fraction of sp³-hybridized carbons (Fsp3) is 0. The highest BCUT2D eigenvalue weighted by Crippen LogP contribution is 2.37. The molecule has 0 fully saturated rings. The number of rotatable bonds is 6. The van der Waals surface area contributed by atoms with Gasteiger partial charge in [0.05, 0.1) is 27.8 Å². The van der Waals surface area contributed by atoms with Crippen LogP contribution in [0.2, 0.25) is 0 Å². The van der Waals surface area contributed by atoms with Crippen molar-refractivity contribution in [2.75, 3.05) is 0 Å². The Morgan fingerprint density at radius 3 is 1.79 bits per heavy atom. The van der Waals surface area contributed by atoms with E-state index in [0.717, 1.165) is 72.4 Å². The number of aromatic nitrogens is 6. The van der Waals surface area contributed by atoms with Gasteiger partial charge in [-0.05, 0) is 42.0 Å². The van der Waals surface area contributed by atoms with Gasteiger partial charge in [-0.2, -0.15) is 0 Å². The van der Waals surface area contributed by atoms with Gasteiger partial charge in [-0.1, -0.05) is 133 Å². The largest absolute Gasteiger partial charge is 0.434 e. The van der Waals surface area contributed by atoms with Gasteiger partial charge in [-0.25, -0.2) is 24.9 Å². The minimum Gasteiger partial charge on any atom is -0.434 e. The van der Waals surface area contributed by atoms with E-state index in [-0.39, 0.29) is 0 Å². The van der Waals surface area contributed by atoms with Gasteiger partial charge in [0, 0.05) is 50.5 Å². The SMILES string of the molecule is c1ccc(-c2cnc3oc4c(-c5ccc(-c6cc(-c7cccc(-n8c9ccccc9c9ccccc98)c7)nc(-c7ccccc7)n6)cc5)ncnc4c3c2)cc1. The van der Waals surface area contributed by atoms with Crippen molar-refractivity contribution >= 4 is 44.0 Å². The van der Waals surface area contributed by atoms with Crippen molar-refractivity contribution in [2.24, 2.45) is 0 Å². The molecule has 0 spiro atoms. The second-order valence-electron chi connectivity index (χ2n) is 13.8. The van der Waals surface area contributed by atoms with Crippen molar-refractivity contribution in [3.63, 3.8) is 0 Å². The molecule has 5 heterocycles. The summed E-state index contributed by atoms with van der Waals surface area (Å²) in [5, 5.41) is 3.31. The zero-order chi connectivity index (χ0) is 37.0. The van der Waals surface area contributed by atoms with Crippen molar-refractivity contribution in [1.82, 2.24) is 29.5 Å². The van der Waals surface area contributed by atoms with Crippen LogP contribution in [0.5, 0.6) is 0 Å². The lowest BCUT2D eigenvalue weighted by atomic mass is 10.0. The monoisotopic (exact) mass is 718 g/mol. The molecule has 262 valence electrons. The zero-order valence-corrected chi connectivity index (χ0v) is 29.9. The van der Waals surface area contributed by atoms with Crippen molar-refractivity contribution in [2.45, 2.75) is 0 Å².